The number of nitrogens with zero attached hydrogens (tertiary/aromatic N) is 1. The van der Waals surface area contributed by atoms with Crippen LogP contribution in [0.2, 0.25) is 0 Å². The van der Waals surface area contributed by atoms with Crippen LogP contribution < -0.4 is 0 Å². The van der Waals surface area contributed by atoms with Crippen molar-refractivity contribution in [1.82, 2.24) is 0 Å². The Morgan fingerprint density at radius 1 is 1.25 bits per heavy atom. The Morgan fingerprint density at radius 3 is 2.25 bits per heavy atom. The Kier molecular flexibility index (Phi) is 2.86. The van der Waals surface area contributed by atoms with E-state index in [1.54, 1.807) is 0 Å². The highest BCUT2D eigenvalue weighted by molar-refractivity contribution is 6.01. The van der Waals surface area contributed by atoms with Crippen LogP contribution in [-0.2, 0) is 0 Å². The lowest BCUT2D eigenvalue weighted by Gasteiger charge is -2.06. The molecule has 0 aliphatic heterocycles. The standard InChI is InChI=1S/C10H13NO/c1-8(2)10(11-12)9-6-4-3-5-7-9/h3-8,12H,1-2H3/b11-10+. The molecule has 2 heteroatoms. The van der Waals surface area contributed by atoms with Crippen LogP contribution in [0.4, 0.5) is 0 Å². The van der Waals surface area contributed by atoms with E-state index in [0.29, 0.717) is 0 Å². The normalized spacial score (nSPS) is 12.1. The molecule has 2 nitrogen and oxygen atoms in total. The van der Waals surface area contributed by atoms with Crippen molar-refractivity contribution >= 4 is 5.71 Å². The first-order valence-corrected chi connectivity index (χ1v) is 4.03. The third kappa shape index (κ3) is 1.84. The second-order valence-electron chi connectivity index (χ2n) is 3.01. The van der Waals surface area contributed by atoms with Gasteiger partial charge in [-0.15, -0.1) is 0 Å². The summed E-state index contributed by atoms with van der Waals surface area (Å²) >= 11 is 0. The molecule has 0 aliphatic rings. The maximum absolute atomic E-state index is 8.74. The minimum atomic E-state index is 0.248. The zero-order chi connectivity index (χ0) is 8.97. The summed E-state index contributed by atoms with van der Waals surface area (Å²) in [5.74, 6) is 0.248. The summed E-state index contributed by atoms with van der Waals surface area (Å²) in [6.07, 6.45) is 0. The highest BCUT2D eigenvalue weighted by Gasteiger charge is 2.07. The fraction of sp³-hybridized carbons (Fsp3) is 0.300. The van der Waals surface area contributed by atoms with Gasteiger partial charge in [0.25, 0.3) is 0 Å². The van der Waals surface area contributed by atoms with Gasteiger partial charge in [0.1, 0.15) is 0 Å². The highest BCUT2D eigenvalue weighted by atomic mass is 16.4. The third-order valence-electron chi connectivity index (χ3n) is 1.72. The Balaban J connectivity index is 2.97. The molecule has 0 amide bonds. The molecule has 0 radical (unpaired) electrons. The number of oxime groups is 1. The van der Waals surface area contributed by atoms with Crippen molar-refractivity contribution in [3.63, 3.8) is 0 Å². The van der Waals surface area contributed by atoms with E-state index in [1.165, 1.54) is 0 Å². The summed E-state index contributed by atoms with van der Waals surface area (Å²) in [6, 6.07) is 9.69. The van der Waals surface area contributed by atoms with Gasteiger partial charge in [0.2, 0.25) is 0 Å². The second kappa shape index (κ2) is 3.90. The van der Waals surface area contributed by atoms with Crippen LogP contribution in [0, 0.1) is 5.92 Å². The first kappa shape index (κ1) is 8.78. The van der Waals surface area contributed by atoms with Gasteiger partial charge in [-0.3, -0.25) is 0 Å². The molecule has 0 saturated carbocycles. The minimum absolute atomic E-state index is 0.248. The van der Waals surface area contributed by atoms with Crippen LogP contribution in [0.25, 0.3) is 0 Å². The molecule has 0 bridgehead atoms. The number of hydrogen-bond acceptors (Lipinski definition) is 2. The van der Waals surface area contributed by atoms with Crippen molar-refractivity contribution in [3.05, 3.63) is 35.9 Å². The highest BCUT2D eigenvalue weighted by Crippen LogP contribution is 2.08. The molecule has 64 valence electrons. The first-order chi connectivity index (χ1) is 5.75. The van der Waals surface area contributed by atoms with Gasteiger partial charge in [0, 0.05) is 0 Å². The van der Waals surface area contributed by atoms with Crippen molar-refractivity contribution in [2.75, 3.05) is 0 Å². The lowest BCUT2D eigenvalue weighted by Crippen LogP contribution is -2.08. The molecule has 0 unspecified atom stereocenters. The van der Waals surface area contributed by atoms with Gasteiger partial charge >= 0.3 is 0 Å². The maximum Gasteiger partial charge on any atom is 0.0893 e. The van der Waals surface area contributed by atoms with Crippen LogP contribution in [0.3, 0.4) is 0 Å². The van der Waals surface area contributed by atoms with Crippen LogP contribution in [0.15, 0.2) is 35.5 Å². The first-order valence-electron chi connectivity index (χ1n) is 4.03. The molecule has 0 aliphatic carbocycles. The summed E-state index contributed by atoms with van der Waals surface area (Å²) in [4.78, 5) is 0. The summed E-state index contributed by atoms with van der Waals surface area (Å²) in [5, 5.41) is 12.0. The van der Waals surface area contributed by atoms with Gasteiger partial charge in [0.15, 0.2) is 0 Å². The number of hydrogen-bond donors (Lipinski definition) is 1. The van der Waals surface area contributed by atoms with Crippen molar-refractivity contribution < 1.29 is 5.21 Å². The Labute approximate surface area is 72.5 Å². The van der Waals surface area contributed by atoms with Crippen molar-refractivity contribution in [2.45, 2.75) is 13.8 Å². The lowest BCUT2D eigenvalue weighted by atomic mass is 10.0. The molecule has 1 rings (SSSR count). The van der Waals surface area contributed by atoms with E-state index in [0.717, 1.165) is 11.3 Å². The molecule has 12 heavy (non-hydrogen) atoms. The van der Waals surface area contributed by atoms with E-state index < -0.39 is 0 Å². The van der Waals surface area contributed by atoms with E-state index in [2.05, 4.69) is 5.16 Å². The molecule has 0 aromatic heterocycles. The van der Waals surface area contributed by atoms with E-state index >= 15 is 0 Å². The van der Waals surface area contributed by atoms with Gasteiger partial charge in [0.05, 0.1) is 5.71 Å². The predicted octanol–water partition coefficient (Wildman–Crippen LogP) is 2.52. The zero-order valence-corrected chi connectivity index (χ0v) is 7.36. The van der Waals surface area contributed by atoms with Crippen molar-refractivity contribution in [2.24, 2.45) is 11.1 Å². The fourth-order valence-electron chi connectivity index (χ4n) is 1.12. The largest absolute Gasteiger partial charge is 0.411 e. The zero-order valence-electron chi connectivity index (χ0n) is 7.36. The third-order valence-corrected chi connectivity index (χ3v) is 1.72. The smallest absolute Gasteiger partial charge is 0.0893 e. The van der Waals surface area contributed by atoms with Crippen LogP contribution in [-0.4, -0.2) is 10.9 Å². The molecule has 1 aromatic carbocycles. The van der Waals surface area contributed by atoms with Gasteiger partial charge in [-0.25, -0.2) is 0 Å². The summed E-state index contributed by atoms with van der Waals surface area (Å²) in [5.41, 5.74) is 1.71. The summed E-state index contributed by atoms with van der Waals surface area (Å²) < 4.78 is 0. The van der Waals surface area contributed by atoms with E-state index in [1.807, 2.05) is 44.2 Å². The molecule has 0 saturated heterocycles. The predicted molar refractivity (Wildman–Crippen MR) is 49.6 cm³/mol. The second-order valence-corrected chi connectivity index (χ2v) is 3.01. The van der Waals surface area contributed by atoms with E-state index in [-0.39, 0.29) is 5.92 Å². The number of rotatable bonds is 2. The van der Waals surface area contributed by atoms with E-state index in [4.69, 9.17) is 5.21 Å². The maximum atomic E-state index is 8.74. The monoisotopic (exact) mass is 163 g/mol. The van der Waals surface area contributed by atoms with Crippen LogP contribution >= 0.6 is 0 Å². The van der Waals surface area contributed by atoms with Gasteiger partial charge in [-0.2, -0.15) is 0 Å². The SMILES string of the molecule is CC(C)/C(=N\O)c1ccccc1. The lowest BCUT2D eigenvalue weighted by molar-refractivity contribution is 0.316. The Bertz CT molecular complexity index is 264. The fourth-order valence-corrected chi connectivity index (χ4v) is 1.12. The molecular formula is C10H13NO. The molecule has 0 heterocycles. The van der Waals surface area contributed by atoms with Crippen molar-refractivity contribution in [3.8, 4) is 0 Å². The molecular weight excluding hydrogens is 150 g/mol. The average Bonchev–Trinajstić information content (AvgIpc) is 2.07. The minimum Gasteiger partial charge on any atom is -0.411 e. The van der Waals surface area contributed by atoms with Gasteiger partial charge < -0.3 is 5.21 Å². The summed E-state index contributed by atoms with van der Waals surface area (Å²) in [6.45, 7) is 4.00. The average molecular weight is 163 g/mol. The Morgan fingerprint density at radius 2 is 1.83 bits per heavy atom. The van der Waals surface area contributed by atoms with Crippen LogP contribution in [0.1, 0.15) is 19.4 Å². The molecule has 1 aromatic rings. The van der Waals surface area contributed by atoms with Crippen LogP contribution in [0.5, 0.6) is 0 Å². The quantitative estimate of drug-likeness (QED) is 0.405. The molecule has 0 spiro atoms. The van der Waals surface area contributed by atoms with E-state index in [9.17, 15) is 0 Å². The van der Waals surface area contributed by atoms with Gasteiger partial charge in [-0.05, 0) is 11.5 Å². The topological polar surface area (TPSA) is 32.6 Å². The number of benzene rings is 1. The molecule has 0 fully saturated rings. The Hall–Kier alpha value is -1.31. The molecule has 1 N–H and O–H groups in total. The summed E-state index contributed by atoms with van der Waals surface area (Å²) in [7, 11) is 0. The van der Waals surface area contributed by atoms with Gasteiger partial charge in [-0.1, -0.05) is 49.3 Å². The molecule has 0 atom stereocenters. The van der Waals surface area contributed by atoms with Crippen molar-refractivity contribution in [1.29, 1.82) is 0 Å².